The molecule has 1 nitrogen and oxygen atoms in total. The third-order valence-corrected chi connectivity index (χ3v) is 2.77. The lowest BCUT2D eigenvalue weighted by Crippen LogP contribution is -2.00. The molecule has 1 heteroatoms. The third kappa shape index (κ3) is 17.0. The molecule has 20 heavy (non-hydrogen) atoms. The van der Waals surface area contributed by atoms with Crippen molar-refractivity contribution in [2.45, 2.75) is 87.5 Å². The zero-order chi connectivity index (χ0) is 16.6. The van der Waals surface area contributed by atoms with E-state index in [1.807, 2.05) is 27.7 Å². The van der Waals surface area contributed by atoms with E-state index in [1.54, 1.807) is 0 Å². The van der Waals surface area contributed by atoms with Crippen LogP contribution < -0.4 is 5.73 Å². The van der Waals surface area contributed by atoms with E-state index in [4.69, 9.17) is 5.73 Å². The van der Waals surface area contributed by atoms with Crippen LogP contribution in [0.25, 0.3) is 0 Å². The molecule has 0 aromatic heterocycles. The normalized spacial score (nSPS) is 11.5. The molecule has 0 radical (unpaired) electrons. The predicted octanol–water partition coefficient (Wildman–Crippen LogP) is 6.76. The second-order valence-electron chi connectivity index (χ2n) is 4.97. The van der Waals surface area contributed by atoms with Crippen molar-refractivity contribution in [2.75, 3.05) is 0 Å². The lowest BCUT2D eigenvalue weighted by atomic mass is 10.0. The molecule has 0 bridgehead atoms. The summed E-state index contributed by atoms with van der Waals surface area (Å²) in [7, 11) is 0. The van der Waals surface area contributed by atoms with E-state index in [9.17, 15) is 0 Å². The molecule has 0 rings (SSSR count). The second-order valence-corrected chi connectivity index (χ2v) is 4.97. The minimum absolute atomic E-state index is 0.820. The van der Waals surface area contributed by atoms with E-state index in [-0.39, 0.29) is 0 Å². The van der Waals surface area contributed by atoms with Crippen molar-refractivity contribution >= 4 is 0 Å². The van der Waals surface area contributed by atoms with Crippen LogP contribution in [0.2, 0.25) is 0 Å². The Morgan fingerprint density at radius 1 is 0.950 bits per heavy atom. The number of hydrogen-bond donors (Lipinski definition) is 1. The average molecular weight is 282 g/mol. The zero-order valence-corrected chi connectivity index (χ0v) is 15.4. The minimum atomic E-state index is 0.820. The molecule has 0 spiro atoms. The standard InChI is InChI=1S/C13H23N.C4H10.C2H6/c1-6-7-8-11(4)9-12(5)13(14)10(2)3;1-3-4-2;1-2/h9H,2,6-8,14H2,1,3-5H3;3-4H2,1-2H3;1-2H3/b11-9?,13-12+;;. The van der Waals surface area contributed by atoms with Gasteiger partial charge in [-0.2, -0.15) is 0 Å². The van der Waals surface area contributed by atoms with Gasteiger partial charge >= 0.3 is 0 Å². The fourth-order valence-electron chi connectivity index (χ4n) is 1.31. The predicted molar refractivity (Wildman–Crippen MR) is 96.9 cm³/mol. The molecular weight excluding hydrogens is 242 g/mol. The Kier molecular flexibility index (Phi) is 21.7. The van der Waals surface area contributed by atoms with Gasteiger partial charge in [0.05, 0.1) is 0 Å². The first-order chi connectivity index (χ1) is 9.40. The summed E-state index contributed by atoms with van der Waals surface area (Å²) in [5.74, 6) is 0. The van der Waals surface area contributed by atoms with Crippen molar-refractivity contribution in [1.82, 2.24) is 0 Å². The summed E-state index contributed by atoms with van der Waals surface area (Å²) in [6, 6.07) is 0. The third-order valence-electron chi connectivity index (χ3n) is 2.77. The Morgan fingerprint density at radius 2 is 1.40 bits per heavy atom. The topological polar surface area (TPSA) is 26.0 Å². The van der Waals surface area contributed by atoms with Crippen LogP contribution in [0.1, 0.15) is 87.5 Å². The van der Waals surface area contributed by atoms with Crippen LogP contribution in [-0.2, 0) is 0 Å². The van der Waals surface area contributed by atoms with Crippen molar-refractivity contribution in [3.05, 3.63) is 35.1 Å². The highest BCUT2D eigenvalue weighted by molar-refractivity contribution is 5.35. The first-order valence-electron chi connectivity index (χ1n) is 8.19. The highest BCUT2D eigenvalue weighted by Crippen LogP contribution is 2.13. The Labute approximate surface area is 129 Å². The molecule has 0 atom stereocenters. The first-order valence-corrected chi connectivity index (χ1v) is 8.19. The molecule has 0 saturated carbocycles. The average Bonchev–Trinajstić information content (AvgIpc) is 2.46. The van der Waals surface area contributed by atoms with E-state index >= 15 is 0 Å². The van der Waals surface area contributed by atoms with Crippen LogP contribution in [-0.4, -0.2) is 0 Å². The minimum Gasteiger partial charge on any atom is -0.398 e. The zero-order valence-electron chi connectivity index (χ0n) is 15.4. The fourth-order valence-corrected chi connectivity index (χ4v) is 1.31. The van der Waals surface area contributed by atoms with Gasteiger partial charge in [-0.3, -0.25) is 0 Å². The maximum absolute atomic E-state index is 5.87. The van der Waals surface area contributed by atoms with Gasteiger partial charge in [0.15, 0.2) is 0 Å². The van der Waals surface area contributed by atoms with E-state index in [0.717, 1.165) is 23.3 Å². The first kappa shape index (κ1) is 24.1. The summed E-state index contributed by atoms with van der Waals surface area (Å²) in [4.78, 5) is 0. The number of unbranched alkanes of at least 4 members (excludes halogenated alkanes) is 2. The monoisotopic (exact) mass is 281 g/mol. The molecule has 0 aromatic rings. The molecule has 0 saturated heterocycles. The van der Waals surface area contributed by atoms with Crippen molar-refractivity contribution < 1.29 is 0 Å². The van der Waals surface area contributed by atoms with Crippen LogP contribution in [0.3, 0.4) is 0 Å². The van der Waals surface area contributed by atoms with Crippen LogP contribution in [0, 0.1) is 0 Å². The molecule has 0 amide bonds. The van der Waals surface area contributed by atoms with Gasteiger partial charge in [0.1, 0.15) is 0 Å². The smallest absolute Gasteiger partial charge is 0.0367 e. The molecule has 120 valence electrons. The summed E-state index contributed by atoms with van der Waals surface area (Å²) in [5, 5.41) is 0. The van der Waals surface area contributed by atoms with Crippen LogP contribution in [0.15, 0.2) is 35.1 Å². The Hall–Kier alpha value is -0.980. The van der Waals surface area contributed by atoms with Gasteiger partial charge in [-0.25, -0.2) is 0 Å². The van der Waals surface area contributed by atoms with E-state index in [1.165, 1.54) is 31.3 Å². The van der Waals surface area contributed by atoms with Gasteiger partial charge in [-0.15, -0.1) is 0 Å². The van der Waals surface area contributed by atoms with E-state index < -0.39 is 0 Å². The molecular formula is C19H39N. The van der Waals surface area contributed by atoms with Crippen molar-refractivity contribution in [1.29, 1.82) is 0 Å². The van der Waals surface area contributed by atoms with Crippen molar-refractivity contribution in [2.24, 2.45) is 5.73 Å². The second kappa shape index (κ2) is 18.0. The number of allylic oxidation sites excluding steroid dienone is 4. The quantitative estimate of drug-likeness (QED) is 0.534. The molecule has 0 unspecified atom stereocenters. The Bertz CT molecular complexity index is 280. The SMILES string of the molecule is C=C(C)/C(N)=C(/C)C=C(C)CCCC.CC.CCCC. The lowest BCUT2D eigenvalue weighted by Gasteiger charge is -2.05. The summed E-state index contributed by atoms with van der Waals surface area (Å²) in [6.45, 7) is 20.5. The molecule has 0 aliphatic carbocycles. The Morgan fingerprint density at radius 3 is 1.70 bits per heavy atom. The van der Waals surface area contributed by atoms with Gasteiger partial charge in [0, 0.05) is 5.70 Å². The van der Waals surface area contributed by atoms with Crippen LogP contribution >= 0.6 is 0 Å². The Balaban J connectivity index is -0.000000410. The summed E-state index contributed by atoms with van der Waals surface area (Å²) in [5.41, 5.74) is 10.2. The summed E-state index contributed by atoms with van der Waals surface area (Å²) < 4.78 is 0. The summed E-state index contributed by atoms with van der Waals surface area (Å²) >= 11 is 0. The van der Waals surface area contributed by atoms with Crippen molar-refractivity contribution in [3.63, 3.8) is 0 Å². The summed E-state index contributed by atoms with van der Waals surface area (Å²) in [6.07, 6.45) is 8.46. The van der Waals surface area contributed by atoms with Crippen LogP contribution in [0.4, 0.5) is 0 Å². The largest absolute Gasteiger partial charge is 0.398 e. The highest BCUT2D eigenvalue weighted by atomic mass is 14.6. The highest BCUT2D eigenvalue weighted by Gasteiger charge is 1.96. The number of nitrogens with two attached hydrogens (primary N) is 1. The van der Waals surface area contributed by atoms with Crippen molar-refractivity contribution in [3.8, 4) is 0 Å². The maximum atomic E-state index is 5.87. The molecule has 0 heterocycles. The van der Waals surface area contributed by atoms with Gasteiger partial charge in [0.2, 0.25) is 0 Å². The molecule has 2 N–H and O–H groups in total. The fraction of sp³-hybridized carbons (Fsp3) is 0.684. The van der Waals surface area contributed by atoms with E-state index in [0.29, 0.717) is 0 Å². The molecule has 0 aromatic carbocycles. The maximum Gasteiger partial charge on any atom is 0.0367 e. The molecule has 0 aliphatic heterocycles. The molecule has 0 fully saturated rings. The number of hydrogen-bond acceptors (Lipinski definition) is 1. The number of rotatable bonds is 6. The lowest BCUT2D eigenvalue weighted by molar-refractivity contribution is 0.786. The van der Waals surface area contributed by atoms with Gasteiger partial charge in [-0.05, 0) is 44.8 Å². The van der Waals surface area contributed by atoms with Gasteiger partial charge in [0.25, 0.3) is 0 Å². The van der Waals surface area contributed by atoms with Gasteiger partial charge < -0.3 is 5.73 Å². The van der Waals surface area contributed by atoms with E-state index in [2.05, 4.69) is 40.3 Å². The van der Waals surface area contributed by atoms with Crippen LogP contribution in [0.5, 0.6) is 0 Å². The van der Waals surface area contributed by atoms with Gasteiger partial charge in [-0.1, -0.05) is 72.1 Å². The molecule has 0 aliphatic rings.